The van der Waals surface area contributed by atoms with Crippen molar-refractivity contribution >= 4 is 11.6 Å². The van der Waals surface area contributed by atoms with Crippen LogP contribution < -0.4 is 10.2 Å². The molecule has 1 aliphatic heterocycles. The topological polar surface area (TPSA) is 52.6 Å². The number of hydrogen-bond donors (Lipinski definition) is 2. The van der Waals surface area contributed by atoms with Crippen molar-refractivity contribution in [1.82, 2.24) is 5.32 Å². The Hall–Kier alpha value is -1.55. The maximum absolute atomic E-state index is 11.8. The lowest BCUT2D eigenvalue weighted by atomic mass is 9.96. The average molecular weight is 276 g/mol. The number of carbonyl (C=O) groups is 1. The van der Waals surface area contributed by atoms with E-state index in [-0.39, 0.29) is 12.5 Å². The van der Waals surface area contributed by atoms with E-state index in [2.05, 4.69) is 41.4 Å². The van der Waals surface area contributed by atoms with Gasteiger partial charge in [0.1, 0.15) is 0 Å². The van der Waals surface area contributed by atoms with E-state index < -0.39 is 0 Å². The number of fused-ring (bicyclic) bond motifs is 1. The lowest BCUT2D eigenvalue weighted by molar-refractivity contribution is -0.120. The minimum absolute atomic E-state index is 0.0636. The zero-order valence-electron chi connectivity index (χ0n) is 12.1. The first-order chi connectivity index (χ1) is 9.72. The van der Waals surface area contributed by atoms with E-state index >= 15 is 0 Å². The number of nitrogens with one attached hydrogen (secondary N) is 1. The van der Waals surface area contributed by atoms with Crippen LogP contribution in [0.15, 0.2) is 24.3 Å². The third-order valence-corrected chi connectivity index (χ3v) is 3.90. The van der Waals surface area contributed by atoms with Crippen LogP contribution in [0.3, 0.4) is 0 Å². The van der Waals surface area contributed by atoms with Crippen molar-refractivity contribution in [2.75, 3.05) is 24.6 Å². The highest BCUT2D eigenvalue weighted by Gasteiger charge is 2.22. The molecule has 2 N–H and O–H groups in total. The molecule has 1 aromatic rings. The van der Waals surface area contributed by atoms with Gasteiger partial charge in [-0.1, -0.05) is 18.2 Å². The van der Waals surface area contributed by atoms with Gasteiger partial charge in [-0.05, 0) is 37.8 Å². The zero-order valence-corrected chi connectivity index (χ0v) is 12.1. The van der Waals surface area contributed by atoms with Crippen LogP contribution in [0.2, 0.25) is 0 Å². The molecule has 0 saturated heterocycles. The molecule has 1 amide bonds. The summed E-state index contributed by atoms with van der Waals surface area (Å²) in [5.74, 6) is 0.0636. The Kier molecular flexibility index (Phi) is 5.41. The molecule has 4 heteroatoms. The summed E-state index contributed by atoms with van der Waals surface area (Å²) in [5.41, 5.74) is 2.65. The summed E-state index contributed by atoms with van der Waals surface area (Å²) in [6, 6.07) is 8.94. The SMILES string of the molecule is CC1CCc2ccccc2N1CCC(=O)NCCCO. The molecule has 20 heavy (non-hydrogen) atoms. The van der Waals surface area contributed by atoms with Crippen molar-refractivity contribution in [2.24, 2.45) is 0 Å². The maximum Gasteiger partial charge on any atom is 0.221 e. The van der Waals surface area contributed by atoms with Gasteiger partial charge in [-0.3, -0.25) is 4.79 Å². The number of aliphatic hydroxyl groups excluding tert-OH is 1. The molecule has 4 nitrogen and oxygen atoms in total. The highest BCUT2D eigenvalue weighted by Crippen LogP contribution is 2.30. The first-order valence-electron chi connectivity index (χ1n) is 7.44. The van der Waals surface area contributed by atoms with E-state index in [1.54, 1.807) is 0 Å². The Morgan fingerprint density at radius 3 is 3.05 bits per heavy atom. The second kappa shape index (κ2) is 7.29. The third-order valence-electron chi connectivity index (χ3n) is 3.90. The van der Waals surface area contributed by atoms with Gasteiger partial charge in [0.05, 0.1) is 0 Å². The molecule has 0 spiro atoms. The number of rotatable bonds is 6. The fourth-order valence-electron chi connectivity index (χ4n) is 2.72. The van der Waals surface area contributed by atoms with Crippen LogP contribution in [0, 0.1) is 0 Å². The van der Waals surface area contributed by atoms with Crippen LogP contribution in [0.5, 0.6) is 0 Å². The normalized spacial score (nSPS) is 17.7. The van der Waals surface area contributed by atoms with Gasteiger partial charge in [-0.2, -0.15) is 0 Å². The van der Waals surface area contributed by atoms with Crippen LogP contribution in [-0.4, -0.2) is 36.8 Å². The molecule has 0 aromatic heterocycles. The summed E-state index contributed by atoms with van der Waals surface area (Å²) in [7, 11) is 0. The van der Waals surface area contributed by atoms with E-state index in [1.165, 1.54) is 11.3 Å². The molecule has 1 unspecified atom stereocenters. The molecule has 0 bridgehead atoms. The van der Waals surface area contributed by atoms with Crippen LogP contribution in [-0.2, 0) is 11.2 Å². The molecular weight excluding hydrogens is 252 g/mol. The third kappa shape index (κ3) is 3.73. The predicted molar refractivity (Wildman–Crippen MR) is 80.9 cm³/mol. The maximum atomic E-state index is 11.8. The molecule has 1 aliphatic rings. The van der Waals surface area contributed by atoms with Gasteiger partial charge in [0.2, 0.25) is 5.91 Å². The molecule has 110 valence electrons. The Morgan fingerprint density at radius 1 is 1.45 bits per heavy atom. The summed E-state index contributed by atoms with van der Waals surface area (Å²) in [6.07, 6.45) is 3.39. The van der Waals surface area contributed by atoms with Gasteiger partial charge in [-0.25, -0.2) is 0 Å². The zero-order chi connectivity index (χ0) is 14.4. The molecule has 2 rings (SSSR count). The van der Waals surface area contributed by atoms with Crippen molar-refractivity contribution in [3.63, 3.8) is 0 Å². The van der Waals surface area contributed by atoms with Gasteiger partial charge >= 0.3 is 0 Å². The van der Waals surface area contributed by atoms with E-state index in [0.29, 0.717) is 25.4 Å². The minimum atomic E-state index is 0.0636. The number of aliphatic hydroxyl groups is 1. The first-order valence-corrected chi connectivity index (χ1v) is 7.44. The highest BCUT2D eigenvalue weighted by molar-refractivity contribution is 5.76. The van der Waals surface area contributed by atoms with Gasteiger partial charge in [-0.15, -0.1) is 0 Å². The molecule has 0 saturated carbocycles. The number of benzene rings is 1. The first kappa shape index (κ1) is 14.9. The lowest BCUT2D eigenvalue weighted by Gasteiger charge is -2.37. The molecule has 0 aliphatic carbocycles. The number of amides is 1. The number of nitrogens with zero attached hydrogens (tertiary/aromatic N) is 1. The molecule has 0 fully saturated rings. The fourth-order valence-corrected chi connectivity index (χ4v) is 2.72. The molecule has 1 aromatic carbocycles. The lowest BCUT2D eigenvalue weighted by Crippen LogP contribution is -2.40. The van der Waals surface area contributed by atoms with E-state index in [1.807, 2.05) is 0 Å². The van der Waals surface area contributed by atoms with Gasteiger partial charge in [0.25, 0.3) is 0 Å². The summed E-state index contributed by atoms with van der Waals surface area (Å²) in [4.78, 5) is 14.1. The van der Waals surface area contributed by atoms with Gasteiger partial charge in [0, 0.05) is 37.8 Å². The molecule has 1 heterocycles. The monoisotopic (exact) mass is 276 g/mol. The van der Waals surface area contributed by atoms with Crippen LogP contribution in [0.1, 0.15) is 31.7 Å². The standard InChI is InChI=1S/C16H24N2O2/c1-13-7-8-14-5-2-3-6-15(14)18(13)11-9-16(20)17-10-4-12-19/h2-3,5-6,13,19H,4,7-12H2,1H3,(H,17,20). The number of aryl methyl sites for hydroxylation is 1. The van der Waals surface area contributed by atoms with Gasteiger partial charge < -0.3 is 15.3 Å². The number of anilines is 1. The van der Waals surface area contributed by atoms with Crippen LogP contribution in [0.25, 0.3) is 0 Å². The Balaban J connectivity index is 1.90. The number of para-hydroxylation sites is 1. The molecule has 1 atom stereocenters. The second-order valence-corrected chi connectivity index (χ2v) is 5.39. The van der Waals surface area contributed by atoms with Gasteiger partial charge in [0.15, 0.2) is 0 Å². The smallest absolute Gasteiger partial charge is 0.221 e. The number of hydrogen-bond acceptors (Lipinski definition) is 3. The quantitative estimate of drug-likeness (QED) is 0.778. The summed E-state index contributed by atoms with van der Waals surface area (Å²) in [6.45, 7) is 3.65. The van der Waals surface area contributed by atoms with Crippen molar-refractivity contribution in [2.45, 2.75) is 38.6 Å². The van der Waals surface area contributed by atoms with Crippen molar-refractivity contribution in [1.29, 1.82) is 0 Å². The van der Waals surface area contributed by atoms with E-state index in [4.69, 9.17) is 5.11 Å². The van der Waals surface area contributed by atoms with E-state index in [9.17, 15) is 4.79 Å². The van der Waals surface area contributed by atoms with Crippen LogP contribution in [0.4, 0.5) is 5.69 Å². The summed E-state index contributed by atoms with van der Waals surface area (Å²) in [5, 5.41) is 11.5. The Labute approximate surface area is 120 Å². The number of carbonyl (C=O) groups excluding carboxylic acids is 1. The Bertz CT molecular complexity index is 448. The predicted octanol–water partition coefficient (Wildman–Crippen LogP) is 1.72. The highest BCUT2D eigenvalue weighted by atomic mass is 16.3. The van der Waals surface area contributed by atoms with Crippen molar-refractivity contribution in [3.05, 3.63) is 29.8 Å². The molecular formula is C16H24N2O2. The van der Waals surface area contributed by atoms with E-state index in [0.717, 1.165) is 19.4 Å². The summed E-state index contributed by atoms with van der Waals surface area (Å²) < 4.78 is 0. The average Bonchev–Trinajstić information content (AvgIpc) is 2.46. The Morgan fingerprint density at radius 2 is 2.25 bits per heavy atom. The van der Waals surface area contributed by atoms with Crippen molar-refractivity contribution < 1.29 is 9.90 Å². The second-order valence-electron chi connectivity index (χ2n) is 5.39. The van der Waals surface area contributed by atoms with Crippen LogP contribution >= 0.6 is 0 Å². The summed E-state index contributed by atoms with van der Waals surface area (Å²) >= 11 is 0. The fraction of sp³-hybridized carbons (Fsp3) is 0.562. The molecule has 0 radical (unpaired) electrons. The largest absolute Gasteiger partial charge is 0.396 e. The van der Waals surface area contributed by atoms with Crippen molar-refractivity contribution in [3.8, 4) is 0 Å². The minimum Gasteiger partial charge on any atom is -0.396 e.